The van der Waals surface area contributed by atoms with Crippen LogP contribution in [0.15, 0.2) is 91.0 Å². The molecule has 0 unspecified atom stereocenters. The monoisotopic (exact) mass is 324 g/mol. The van der Waals surface area contributed by atoms with E-state index in [0.29, 0.717) is 0 Å². The van der Waals surface area contributed by atoms with Gasteiger partial charge in [0.15, 0.2) is 0 Å². The molecule has 20 heavy (non-hydrogen) atoms. The second kappa shape index (κ2) is 17.4. The van der Waals surface area contributed by atoms with Crippen molar-refractivity contribution in [3.63, 3.8) is 0 Å². The Balaban J connectivity index is 0.000000255. The summed E-state index contributed by atoms with van der Waals surface area (Å²) in [4.78, 5) is 0. The van der Waals surface area contributed by atoms with Crippen molar-refractivity contribution in [3.8, 4) is 0 Å². The van der Waals surface area contributed by atoms with Crippen molar-refractivity contribution in [1.29, 1.82) is 0 Å². The van der Waals surface area contributed by atoms with Crippen molar-refractivity contribution >= 4 is 10.2 Å². The second-order valence-corrected chi connectivity index (χ2v) is 3.23. The normalized spacial score (nSPS) is 7.55. The molecule has 3 aromatic rings. The zero-order valence-corrected chi connectivity index (χ0v) is 12.6. The standard InChI is InChI=1S/3C6H5.ClH.Ni/c3*1-2-4-6-5-3-1;;/h3*1-5H;1H;/q3*-1;;+1/p-1. The van der Waals surface area contributed by atoms with Crippen LogP contribution in [0.4, 0.5) is 0 Å². The molecule has 3 aromatic carbocycles. The van der Waals surface area contributed by atoms with E-state index in [0.717, 1.165) is 0 Å². The van der Waals surface area contributed by atoms with Crippen molar-refractivity contribution in [2.24, 2.45) is 0 Å². The van der Waals surface area contributed by atoms with Crippen LogP contribution in [0.2, 0.25) is 0 Å². The molecular formula is C18H15ClNi-3. The molecule has 0 fully saturated rings. The fourth-order valence-electron chi connectivity index (χ4n) is 1.03. The molecule has 107 valence electrons. The minimum absolute atomic E-state index is 1.88. The molecule has 0 N–H and O–H groups in total. The fourth-order valence-corrected chi connectivity index (χ4v) is 1.03. The maximum Gasteiger partial charge on any atom is -0.171 e. The first-order chi connectivity index (χ1) is 10.0. The van der Waals surface area contributed by atoms with E-state index in [1.54, 1.807) is 0 Å². The van der Waals surface area contributed by atoms with Gasteiger partial charge in [-0.25, -0.2) is 0 Å². The summed E-state index contributed by atoms with van der Waals surface area (Å²) in [6.07, 6.45) is 0. The quantitative estimate of drug-likeness (QED) is 0.396. The van der Waals surface area contributed by atoms with Gasteiger partial charge in [0, 0.05) is 0 Å². The second-order valence-electron chi connectivity index (χ2n) is 3.23. The summed E-state index contributed by atoms with van der Waals surface area (Å²) in [6.45, 7) is 0. The molecule has 0 aliphatic carbocycles. The van der Waals surface area contributed by atoms with E-state index >= 15 is 0 Å². The van der Waals surface area contributed by atoms with E-state index in [2.05, 4.69) is 43.0 Å². The van der Waals surface area contributed by atoms with E-state index in [1.165, 1.54) is 0 Å². The van der Waals surface area contributed by atoms with E-state index < -0.39 is 0 Å². The summed E-state index contributed by atoms with van der Waals surface area (Å²) in [5.74, 6) is 0. The molecule has 0 heterocycles. The van der Waals surface area contributed by atoms with Crippen molar-refractivity contribution in [1.82, 2.24) is 0 Å². The third-order valence-electron chi connectivity index (χ3n) is 1.82. The van der Waals surface area contributed by atoms with Gasteiger partial charge < -0.3 is 0 Å². The Morgan fingerprint density at radius 1 is 0.400 bits per heavy atom. The van der Waals surface area contributed by atoms with Crippen LogP contribution in [0.5, 0.6) is 0 Å². The third kappa shape index (κ3) is 14.5. The molecule has 0 spiro atoms. The average molecular weight is 325 g/mol. The predicted molar refractivity (Wildman–Crippen MR) is 81.7 cm³/mol. The van der Waals surface area contributed by atoms with E-state index in [-0.39, 0.29) is 0 Å². The molecule has 0 nitrogen and oxygen atoms in total. The Bertz CT molecular complexity index is 302. The van der Waals surface area contributed by atoms with E-state index in [4.69, 9.17) is 0 Å². The Hall–Kier alpha value is -1.56. The van der Waals surface area contributed by atoms with Crippen LogP contribution in [0.3, 0.4) is 0 Å². The summed E-state index contributed by atoms with van der Waals surface area (Å²) in [7, 11) is 4.26. The van der Waals surface area contributed by atoms with E-state index in [9.17, 15) is 0 Å². The number of benzene rings is 3. The van der Waals surface area contributed by atoms with Crippen molar-refractivity contribution in [2.45, 2.75) is 0 Å². The van der Waals surface area contributed by atoms with Crippen LogP contribution in [-0.4, -0.2) is 0 Å². The Kier molecular flexibility index (Phi) is 16.1. The first-order valence-corrected chi connectivity index (χ1v) is 7.21. The van der Waals surface area contributed by atoms with Gasteiger partial charge >= 0.3 is 24.8 Å². The topological polar surface area (TPSA) is 0 Å². The maximum atomic E-state index is 4.26. The van der Waals surface area contributed by atoms with Crippen LogP contribution < -0.4 is 0 Å². The molecule has 0 saturated carbocycles. The first kappa shape index (κ1) is 18.4. The molecule has 0 radical (unpaired) electrons. The van der Waals surface area contributed by atoms with Crippen LogP contribution in [0.1, 0.15) is 0 Å². The number of rotatable bonds is 0. The average Bonchev–Trinajstić information content (AvgIpc) is 2.62. The van der Waals surface area contributed by atoms with Crippen LogP contribution in [0, 0.1) is 18.2 Å². The molecule has 0 saturated heterocycles. The summed E-state index contributed by atoms with van der Waals surface area (Å²) in [5, 5.41) is 0. The minimum Gasteiger partial charge on any atom is -0.184 e. The smallest absolute Gasteiger partial charge is 0.171 e. The van der Waals surface area contributed by atoms with Gasteiger partial charge in [0.2, 0.25) is 0 Å². The number of hydrogen-bond acceptors (Lipinski definition) is 0. The van der Waals surface area contributed by atoms with Gasteiger partial charge in [-0.3, -0.25) is 0 Å². The van der Waals surface area contributed by atoms with Gasteiger partial charge in [-0.05, 0) is 0 Å². The first-order valence-electron chi connectivity index (χ1n) is 5.85. The summed E-state index contributed by atoms with van der Waals surface area (Å²) >= 11 is 3.35. The Morgan fingerprint density at radius 2 is 0.600 bits per heavy atom. The van der Waals surface area contributed by atoms with Crippen molar-refractivity contribution in [2.75, 3.05) is 0 Å². The van der Waals surface area contributed by atoms with Gasteiger partial charge in [-0.15, -0.1) is 0 Å². The molecule has 0 amide bonds. The van der Waals surface area contributed by atoms with Gasteiger partial charge in [-0.2, -0.15) is 109 Å². The Labute approximate surface area is 134 Å². The van der Waals surface area contributed by atoms with Gasteiger partial charge in [0.05, 0.1) is 0 Å². The van der Waals surface area contributed by atoms with Gasteiger partial charge in [0.25, 0.3) is 0 Å². The molecule has 0 aromatic heterocycles. The summed E-state index contributed by atoms with van der Waals surface area (Å²) in [5.41, 5.74) is 0. The zero-order chi connectivity index (χ0) is 14.7. The van der Waals surface area contributed by atoms with Crippen LogP contribution in [-0.2, 0) is 14.6 Å². The molecule has 0 atom stereocenters. The van der Waals surface area contributed by atoms with E-state index in [1.807, 2.05) is 91.0 Å². The molecular weight excluding hydrogens is 310 g/mol. The Morgan fingerprint density at radius 3 is 0.650 bits per heavy atom. The van der Waals surface area contributed by atoms with Crippen LogP contribution in [0.25, 0.3) is 0 Å². The van der Waals surface area contributed by atoms with Crippen molar-refractivity contribution in [3.05, 3.63) is 109 Å². The van der Waals surface area contributed by atoms with Crippen LogP contribution >= 0.6 is 10.2 Å². The molecule has 0 aliphatic rings. The van der Waals surface area contributed by atoms with Crippen molar-refractivity contribution < 1.29 is 14.6 Å². The molecule has 3 rings (SSSR count). The fraction of sp³-hybridized carbons (Fsp3) is 0. The third-order valence-corrected chi connectivity index (χ3v) is 1.82. The summed E-state index contributed by atoms with van der Waals surface area (Å²) < 4.78 is 0. The predicted octanol–water partition coefficient (Wildman–Crippen LogP) is 5.15. The SMILES string of the molecule is [Cl][Ni].[c-]1ccccc1.[c-]1ccccc1.[c-]1ccccc1. The molecule has 0 bridgehead atoms. The molecule has 0 aliphatic heterocycles. The summed E-state index contributed by atoms with van der Waals surface area (Å²) in [6, 6.07) is 37.5. The van der Waals surface area contributed by atoms with Gasteiger partial charge in [-0.1, -0.05) is 0 Å². The number of halogens is 1. The minimum atomic E-state index is 1.88. The maximum absolute atomic E-state index is 4.26. The van der Waals surface area contributed by atoms with Gasteiger partial charge in [0.1, 0.15) is 0 Å². The number of hydrogen-bond donors (Lipinski definition) is 0. The zero-order valence-electron chi connectivity index (χ0n) is 10.9. The largest absolute Gasteiger partial charge is 0.184 e. The molecule has 2 heteroatoms.